The summed E-state index contributed by atoms with van der Waals surface area (Å²) in [5.41, 5.74) is 0.470. The fourth-order valence-corrected chi connectivity index (χ4v) is 2.83. The van der Waals surface area contributed by atoms with E-state index in [9.17, 15) is 4.39 Å². The van der Waals surface area contributed by atoms with Crippen molar-refractivity contribution in [3.05, 3.63) is 28.5 Å². The lowest BCUT2D eigenvalue weighted by Gasteiger charge is -2.06. The van der Waals surface area contributed by atoms with E-state index in [0.717, 1.165) is 21.8 Å². The molecule has 0 amide bonds. The van der Waals surface area contributed by atoms with Crippen LogP contribution >= 0.6 is 27.7 Å². The molecule has 0 bridgehead atoms. The maximum atomic E-state index is 13.5. The molecule has 0 aliphatic carbocycles. The van der Waals surface area contributed by atoms with Crippen molar-refractivity contribution in [2.24, 2.45) is 4.99 Å². The van der Waals surface area contributed by atoms with E-state index in [1.54, 1.807) is 23.9 Å². The monoisotopic (exact) mass is 302 g/mol. The highest BCUT2D eigenvalue weighted by Crippen LogP contribution is 2.25. The number of nitrogens with one attached hydrogen (secondary N) is 1. The van der Waals surface area contributed by atoms with E-state index in [4.69, 9.17) is 0 Å². The Hall–Kier alpha value is -0.550. The van der Waals surface area contributed by atoms with Crippen LogP contribution in [0.25, 0.3) is 0 Å². The van der Waals surface area contributed by atoms with Gasteiger partial charge in [0.05, 0.1) is 11.7 Å². The zero-order valence-electron chi connectivity index (χ0n) is 8.84. The molecular weight excluding hydrogens is 291 g/mol. The average Bonchev–Trinajstić information content (AvgIpc) is 2.71. The minimum absolute atomic E-state index is 0.258. The molecule has 0 fully saturated rings. The van der Waals surface area contributed by atoms with Crippen molar-refractivity contribution in [1.29, 1.82) is 0 Å². The van der Waals surface area contributed by atoms with Crippen LogP contribution in [0.1, 0.15) is 13.3 Å². The Morgan fingerprint density at radius 2 is 2.44 bits per heavy atom. The van der Waals surface area contributed by atoms with Crippen LogP contribution in [0.2, 0.25) is 0 Å². The van der Waals surface area contributed by atoms with Crippen molar-refractivity contribution in [2.45, 2.75) is 19.4 Å². The molecule has 0 spiro atoms. The Morgan fingerprint density at radius 3 is 3.12 bits per heavy atom. The summed E-state index contributed by atoms with van der Waals surface area (Å²) in [4.78, 5) is 4.46. The summed E-state index contributed by atoms with van der Waals surface area (Å²) in [6, 6.07) is 5.20. The SMILES string of the molecule is CCC1CSC(Nc2cc(Br)ccc2F)=N1. The first-order chi connectivity index (χ1) is 7.69. The second-order valence-electron chi connectivity index (χ2n) is 3.56. The van der Waals surface area contributed by atoms with Crippen molar-refractivity contribution in [3.8, 4) is 0 Å². The third-order valence-corrected chi connectivity index (χ3v) is 3.88. The van der Waals surface area contributed by atoms with Gasteiger partial charge in [0.25, 0.3) is 0 Å². The molecule has 1 atom stereocenters. The number of aliphatic imine (C=N–C) groups is 1. The van der Waals surface area contributed by atoms with Crippen LogP contribution in [0.5, 0.6) is 0 Å². The van der Waals surface area contributed by atoms with Gasteiger partial charge in [0.15, 0.2) is 5.17 Å². The fraction of sp³-hybridized carbons (Fsp3) is 0.364. The predicted octanol–water partition coefficient (Wildman–Crippen LogP) is 3.88. The van der Waals surface area contributed by atoms with Gasteiger partial charge in [-0.2, -0.15) is 0 Å². The lowest BCUT2D eigenvalue weighted by Crippen LogP contribution is -2.06. The number of hydrogen-bond donors (Lipinski definition) is 1. The van der Waals surface area contributed by atoms with Gasteiger partial charge in [-0.15, -0.1) is 0 Å². The number of rotatable bonds is 2. The molecule has 0 radical (unpaired) electrons. The topological polar surface area (TPSA) is 24.4 Å². The van der Waals surface area contributed by atoms with Gasteiger partial charge in [-0.1, -0.05) is 34.6 Å². The van der Waals surface area contributed by atoms with Crippen LogP contribution in [0.15, 0.2) is 27.7 Å². The number of benzene rings is 1. The molecule has 1 unspecified atom stereocenters. The van der Waals surface area contributed by atoms with Crippen molar-refractivity contribution in [2.75, 3.05) is 11.1 Å². The first-order valence-electron chi connectivity index (χ1n) is 5.11. The van der Waals surface area contributed by atoms with Crippen molar-refractivity contribution in [3.63, 3.8) is 0 Å². The molecule has 1 N–H and O–H groups in total. The van der Waals surface area contributed by atoms with E-state index >= 15 is 0 Å². The first kappa shape index (κ1) is 11.9. The van der Waals surface area contributed by atoms with Gasteiger partial charge in [0, 0.05) is 10.2 Å². The van der Waals surface area contributed by atoms with Gasteiger partial charge in [0.1, 0.15) is 5.82 Å². The molecule has 2 rings (SSSR count). The summed E-state index contributed by atoms with van der Waals surface area (Å²) in [5, 5.41) is 3.83. The summed E-state index contributed by atoms with van der Waals surface area (Å²) in [6.45, 7) is 2.11. The van der Waals surface area contributed by atoms with Gasteiger partial charge in [-0.3, -0.25) is 4.99 Å². The standard InChI is InChI=1S/C11H12BrFN2S/c1-2-8-6-16-11(14-8)15-10-5-7(12)3-4-9(10)13/h3-5,8H,2,6H2,1H3,(H,14,15). The highest BCUT2D eigenvalue weighted by atomic mass is 79.9. The lowest BCUT2D eigenvalue weighted by molar-refractivity contribution is 0.632. The van der Waals surface area contributed by atoms with Crippen LogP contribution in [0, 0.1) is 5.82 Å². The summed E-state index contributed by atoms with van der Waals surface area (Å²) < 4.78 is 14.3. The molecule has 1 aliphatic heterocycles. The Kier molecular flexibility index (Phi) is 3.86. The summed E-state index contributed by atoms with van der Waals surface area (Å²) in [7, 11) is 0. The largest absolute Gasteiger partial charge is 0.333 e. The highest BCUT2D eigenvalue weighted by Gasteiger charge is 2.17. The quantitative estimate of drug-likeness (QED) is 0.896. The van der Waals surface area contributed by atoms with Gasteiger partial charge in [-0.05, 0) is 24.6 Å². The van der Waals surface area contributed by atoms with E-state index in [1.165, 1.54) is 6.07 Å². The van der Waals surface area contributed by atoms with E-state index in [1.807, 2.05) is 0 Å². The van der Waals surface area contributed by atoms with Crippen molar-refractivity contribution in [1.82, 2.24) is 0 Å². The predicted molar refractivity (Wildman–Crippen MR) is 71.7 cm³/mol. The van der Waals surface area contributed by atoms with Crippen molar-refractivity contribution < 1.29 is 4.39 Å². The maximum absolute atomic E-state index is 13.5. The van der Waals surface area contributed by atoms with E-state index in [-0.39, 0.29) is 5.82 Å². The number of anilines is 1. The number of hydrogen-bond acceptors (Lipinski definition) is 3. The molecule has 16 heavy (non-hydrogen) atoms. The van der Waals surface area contributed by atoms with Crippen LogP contribution < -0.4 is 5.32 Å². The third-order valence-electron chi connectivity index (χ3n) is 2.35. The number of thioether (sulfide) groups is 1. The molecule has 0 saturated heterocycles. The van der Waals surface area contributed by atoms with Gasteiger partial charge < -0.3 is 5.32 Å². The molecule has 0 aromatic heterocycles. The van der Waals surface area contributed by atoms with E-state index in [2.05, 4.69) is 33.2 Å². The van der Waals surface area contributed by atoms with Crippen LogP contribution in [0.3, 0.4) is 0 Å². The zero-order valence-corrected chi connectivity index (χ0v) is 11.2. The minimum atomic E-state index is -0.258. The van der Waals surface area contributed by atoms with Gasteiger partial charge >= 0.3 is 0 Å². The molecule has 1 aromatic rings. The van der Waals surface area contributed by atoms with Gasteiger partial charge in [0.2, 0.25) is 0 Å². The third kappa shape index (κ3) is 2.77. The normalized spacial score (nSPS) is 19.7. The summed E-state index contributed by atoms with van der Waals surface area (Å²) >= 11 is 4.96. The van der Waals surface area contributed by atoms with Crippen molar-refractivity contribution >= 4 is 38.5 Å². The highest BCUT2D eigenvalue weighted by molar-refractivity contribution is 9.10. The second kappa shape index (κ2) is 5.19. The number of nitrogens with zero attached hydrogens (tertiary/aromatic N) is 1. The summed E-state index contributed by atoms with van der Waals surface area (Å²) in [6.07, 6.45) is 1.03. The smallest absolute Gasteiger partial charge is 0.161 e. The first-order valence-corrected chi connectivity index (χ1v) is 6.89. The molecule has 0 saturated carbocycles. The molecular formula is C11H12BrFN2S. The minimum Gasteiger partial charge on any atom is -0.333 e. The van der Waals surface area contributed by atoms with Crippen LogP contribution in [0.4, 0.5) is 10.1 Å². The summed E-state index contributed by atoms with van der Waals surface area (Å²) in [5.74, 6) is 0.723. The van der Waals surface area contributed by atoms with Crippen LogP contribution in [-0.2, 0) is 0 Å². The lowest BCUT2D eigenvalue weighted by atomic mass is 10.3. The Bertz CT molecular complexity index is 422. The Labute approximate surface area is 107 Å². The zero-order chi connectivity index (χ0) is 11.5. The Balaban J connectivity index is 2.12. The average molecular weight is 303 g/mol. The van der Waals surface area contributed by atoms with Crippen LogP contribution in [-0.4, -0.2) is 17.0 Å². The fourth-order valence-electron chi connectivity index (χ4n) is 1.40. The number of amidine groups is 1. The second-order valence-corrected chi connectivity index (χ2v) is 5.48. The Morgan fingerprint density at radius 1 is 1.62 bits per heavy atom. The number of halogens is 2. The molecule has 1 heterocycles. The molecule has 5 heteroatoms. The van der Waals surface area contributed by atoms with E-state index < -0.39 is 0 Å². The molecule has 1 aromatic carbocycles. The molecule has 1 aliphatic rings. The molecule has 2 nitrogen and oxygen atoms in total. The maximum Gasteiger partial charge on any atom is 0.161 e. The molecule has 86 valence electrons. The van der Waals surface area contributed by atoms with Gasteiger partial charge in [-0.25, -0.2) is 4.39 Å². The van der Waals surface area contributed by atoms with E-state index in [0.29, 0.717) is 11.7 Å².